The molecule has 2 rings (SSSR count). The Bertz CT molecular complexity index is 552. The lowest BCUT2D eigenvalue weighted by Gasteiger charge is -2.19. The van der Waals surface area contributed by atoms with E-state index < -0.39 is 42.3 Å². The van der Waals surface area contributed by atoms with Crippen LogP contribution >= 0.6 is 0 Å². The van der Waals surface area contributed by atoms with Crippen LogP contribution in [0.1, 0.15) is 10.4 Å². The van der Waals surface area contributed by atoms with Gasteiger partial charge in [0.15, 0.2) is 11.9 Å². The maximum absolute atomic E-state index is 11.0. The topological polar surface area (TPSA) is 167 Å². The lowest BCUT2D eigenvalue weighted by molar-refractivity contribution is -0.991. The highest BCUT2D eigenvalue weighted by Gasteiger charge is 2.42. The third-order valence-electron chi connectivity index (χ3n) is 3.28. The van der Waals surface area contributed by atoms with Crippen LogP contribution in [-0.4, -0.2) is 62.7 Å². The summed E-state index contributed by atoms with van der Waals surface area (Å²) in [5.41, 5.74) is -0.421. The molecular formula is C12H16N2O8. The second-order valence-corrected chi connectivity index (χ2v) is 4.81. The second kappa shape index (κ2) is 6.54. The number of nitrogens with one attached hydrogen (secondary N) is 2. The van der Waals surface area contributed by atoms with E-state index in [-0.39, 0.29) is 16.9 Å². The molecule has 1 aliphatic rings. The van der Waals surface area contributed by atoms with Crippen LogP contribution < -0.4 is 10.5 Å². The summed E-state index contributed by atoms with van der Waals surface area (Å²) in [5.74, 6) is -1.31. The van der Waals surface area contributed by atoms with Gasteiger partial charge in [-0.1, -0.05) is 0 Å². The third kappa shape index (κ3) is 3.34. The molecule has 1 fully saturated rings. The number of rotatable bonds is 5. The number of hydrogen-bond acceptors (Lipinski definition) is 8. The quantitative estimate of drug-likeness (QED) is 0.294. The summed E-state index contributed by atoms with van der Waals surface area (Å²) in [6.07, 6.45) is -4.78. The molecule has 1 unspecified atom stereocenters. The Morgan fingerprint density at radius 2 is 2.00 bits per heavy atom. The fourth-order valence-corrected chi connectivity index (χ4v) is 2.14. The van der Waals surface area contributed by atoms with E-state index in [2.05, 4.69) is 5.32 Å². The van der Waals surface area contributed by atoms with Gasteiger partial charge in [-0.2, -0.15) is 5.23 Å². The summed E-state index contributed by atoms with van der Waals surface area (Å²) in [6.45, 7) is -0.508. The van der Waals surface area contributed by atoms with E-state index in [4.69, 9.17) is 20.2 Å². The first-order valence-electron chi connectivity index (χ1n) is 6.34. The predicted octanol–water partition coefficient (Wildman–Crippen LogP) is -2.36. The Labute approximate surface area is 124 Å². The van der Waals surface area contributed by atoms with Gasteiger partial charge in [0.2, 0.25) is 0 Å². The van der Waals surface area contributed by atoms with Crippen molar-refractivity contribution in [2.24, 2.45) is 0 Å². The maximum Gasteiger partial charge on any atom is 0.335 e. The smallest absolute Gasteiger partial charge is 0.335 e. The van der Waals surface area contributed by atoms with Gasteiger partial charge in [0.25, 0.3) is 0 Å². The molecule has 0 aliphatic carbocycles. The van der Waals surface area contributed by atoms with Crippen molar-refractivity contribution in [2.75, 3.05) is 11.9 Å². The fraction of sp³-hybridized carbons (Fsp3) is 0.417. The van der Waals surface area contributed by atoms with Crippen molar-refractivity contribution >= 4 is 17.3 Å². The van der Waals surface area contributed by atoms with Crippen LogP contribution in [0.5, 0.6) is 0 Å². The maximum atomic E-state index is 11.0. The fourth-order valence-electron chi connectivity index (χ4n) is 2.14. The molecule has 0 amide bonds. The first kappa shape index (κ1) is 16.6. The molecule has 7 N–H and O–H groups in total. The zero-order chi connectivity index (χ0) is 16.4. The summed E-state index contributed by atoms with van der Waals surface area (Å²) in [7, 11) is 0. The zero-order valence-corrected chi connectivity index (χ0v) is 11.2. The van der Waals surface area contributed by atoms with E-state index in [0.717, 1.165) is 6.07 Å². The average Bonchev–Trinajstić information content (AvgIpc) is 2.74. The van der Waals surface area contributed by atoms with Gasteiger partial charge in [-0.15, -0.1) is 0 Å². The second-order valence-electron chi connectivity index (χ2n) is 4.81. The molecule has 1 aromatic rings. The lowest BCUT2D eigenvalue weighted by Crippen LogP contribution is -2.99. The van der Waals surface area contributed by atoms with Gasteiger partial charge < -0.3 is 35.7 Å². The number of anilines is 1. The Kier molecular flexibility index (Phi) is 4.93. The van der Waals surface area contributed by atoms with Gasteiger partial charge in [-0.3, -0.25) is 0 Å². The van der Waals surface area contributed by atoms with Gasteiger partial charge in [0, 0.05) is 17.8 Å². The van der Waals surface area contributed by atoms with Gasteiger partial charge in [-0.25, -0.2) is 10.0 Å². The number of carboxylic acid groups (broad SMARTS) is 1. The highest BCUT2D eigenvalue weighted by molar-refractivity contribution is 5.89. The molecule has 0 aromatic heterocycles. The number of benzene rings is 1. The molecule has 1 saturated heterocycles. The van der Waals surface area contributed by atoms with Crippen molar-refractivity contribution in [3.63, 3.8) is 0 Å². The summed E-state index contributed by atoms with van der Waals surface area (Å²) < 4.78 is 5.18. The van der Waals surface area contributed by atoms with E-state index in [1.807, 2.05) is 0 Å². The lowest BCUT2D eigenvalue weighted by atomic mass is 10.1. The molecule has 1 aromatic carbocycles. The minimum Gasteiger partial charge on any atom is -0.595 e. The van der Waals surface area contributed by atoms with Crippen LogP contribution in [0, 0.1) is 5.21 Å². The standard InChI is InChI=1S/C12H16N2O8/c15-4-8-9(16)10(17)11(22-8)13-6-1-5(12(18)19)2-7(3-6)14(20)21/h1-3,8-11,13-17,20H,4H2,(H,18,19)/t8-,9+,10-,11-/m0/s1. The minimum atomic E-state index is -1.36. The van der Waals surface area contributed by atoms with Crippen LogP contribution in [0.25, 0.3) is 0 Å². The monoisotopic (exact) mass is 316 g/mol. The van der Waals surface area contributed by atoms with Crippen LogP contribution in [-0.2, 0) is 4.74 Å². The first-order valence-corrected chi connectivity index (χ1v) is 6.34. The van der Waals surface area contributed by atoms with Crippen molar-refractivity contribution in [3.8, 4) is 0 Å². The average molecular weight is 316 g/mol. The molecule has 10 nitrogen and oxygen atoms in total. The van der Waals surface area contributed by atoms with E-state index in [0.29, 0.717) is 0 Å². The molecule has 0 radical (unpaired) electrons. The van der Waals surface area contributed by atoms with E-state index in [1.165, 1.54) is 12.1 Å². The van der Waals surface area contributed by atoms with Gasteiger partial charge >= 0.3 is 5.97 Å². The zero-order valence-electron chi connectivity index (χ0n) is 11.2. The van der Waals surface area contributed by atoms with Crippen LogP contribution in [0.15, 0.2) is 18.2 Å². The van der Waals surface area contributed by atoms with E-state index >= 15 is 0 Å². The van der Waals surface area contributed by atoms with Crippen molar-refractivity contribution < 1.29 is 40.4 Å². The number of quaternary nitrogens is 1. The highest BCUT2D eigenvalue weighted by Crippen LogP contribution is 2.24. The molecule has 0 bridgehead atoms. The van der Waals surface area contributed by atoms with Crippen molar-refractivity contribution in [3.05, 3.63) is 29.0 Å². The van der Waals surface area contributed by atoms with Gasteiger partial charge in [-0.05, 0) is 6.07 Å². The van der Waals surface area contributed by atoms with Crippen molar-refractivity contribution in [1.29, 1.82) is 0 Å². The Morgan fingerprint density at radius 3 is 2.50 bits per heavy atom. The number of aliphatic hydroxyl groups excluding tert-OH is 3. The summed E-state index contributed by atoms with van der Waals surface area (Å²) >= 11 is 0. The number of hydrogen-bond donors (Lipinski definition) is 7. The van der Waals surface area contributed by atoms with Crippen molar-refractivity contribution in [1.82, 2.24) is 0 Å². The Morgan fingerprint density at radius 1 is 1.32 bits per heavy atom. The van der Waals surface area contributed by atoms with Crippen LogP contribution in [0.4, 0.5) is 11.4 Å². The molecule has 10 heteroatoms. The predicted molar refractivity (Wildman–Crippen MR) is 70.6 cm³/mol. The van der Waals surface area contributed by atoms with Gasteiger partial charge in [0.05, 0.1) is 12.2 Å². The largest absolute Gasteiger partial charge is 0.595 e. The summed E-state index contributed by atoms with van der Waals surface area (Å²) in [5, 5.41) is 58.7. The number of aromatic carboxylic acids is 1. The Hall–Kier alpha value is -1.79. The van der Waals surface area contributed by atoms with E-state index in [1.54, 1.807) is 0 Å². The van der Waals surface area contributed by atoms with Crippen LogP contribution in [0.3, 0.4) is 0 Å². The molecule has 1 aliphatic heterocycles. The highest BCUT2D eigenvalue weighted by atomic mass is 16.8. The number of aliphatic hydroxyl groups is 3. The van der Waals surface area contributed by atoms with E-state index in [9.17, 15) is 20.2 Å². The van der Waals surface area contributed by atoms with Gasteiger partial charge in [0.1, 0.15) is 18.3 Å². The molecule has 0 saturated carbocycles. The van der Waals surface area contributed by atoms with Crippen LogP contribution in [0.2, 0.25) is 0 Å². The number of carbonyl (C=O) groups is 1. The molecule has 1 heterocycles. The first-order chi connectivity index (χ1) is 10.3. The SMILES string of the molecule is O=C(O)c1cc(N[C@H]2O[C@@H](CO)[C@@H](O)[C@@H]2O)cc([NH+]([O-])O)c1. The molecule has 5 atom stereocenters. The third-order valence-corrected chi connectivity index (χ3v) is 3.28. The minimum absolute atomic E-state index is 0.0899. The molecular weight excluding hydrogens is 300 g/mol. The Balaban J connectivity index is 2.24. The normalized spacial score (nSPS) is 29.3. The number of ether oxygens (including phenoxy) is 1. The number of carboxylic acids is 1. The van der Waals surface area contributed by atoms with Crippen molar-refractivity contribution in [2.45, 2.75) is 24.5 Å². The molecule has 22 heavy (non-hydrogen) atoms. The summed E-state index contributed by atoms with van der Waals surface area (Å²) in [6, 6.07) is 3.33. The molecule has 0 spiro atoms. The molecule has 122 valence electrons. The summed E-state index contributed by atoms with van der Waals surface area (Å²) in [4.78, 5) is 11.0.